The largest absolute Gasteiger partial charge is 0.508 e. The van der Waals surface area contributed by atoms with Crippen LogP contribution in [0.15, 0.2) is 36.4 Å². The number of aromatic hydroxyl groups is 3. The molecule has 0 aliphatic heterocycles. The van der Waals surface area contributed by atoms with Gasteiger partial charge in [0.15, 0.2) is 0 Å². The quantitative estimate of drug-likeness (QED) is 0.722. The predicted molar refractivity (Wildman–Crippen MR) is 85.5 cm³/mol. The molecule has 0 spiro atoms. The van der Waals surface area contributed by atoms with Crippen molar-refractivity contribution in [2.24, 2.45) is 0 Å². The third kappa shape index (κ3) is 3.78. The number of rotatable bonds is 2. The van der Waals surface area contributed by atoms with Crippen LogP contribution in [-0.2, 0) is 5.41 Å². The van der Waals surface area contributed by atoms with Gasteiger partial charge in [-0.2, -0.15) is 0 Å². The Balaban J connectivity index is 2.33. The molecular formula is C18H20O3. The molecule has 0 amide bonds. The number of phenolic OH excluding ortho intramolecular Hbond substituents is 3. The first-order chi connectivity index (χ1) is 9.75. The van der Waals surface area contributed by atoms with E-state index in [0.717, 1.165) is 11.1 Å². The number of hydrogen-bond acceptors (Lipinski definition) is 3. The van der Waals surface area contributed by atoms with Gasteiger partial charge in [0.1, 0.15) is 17.2 Å². The van der Waals surface area contributed by atoms with Crippen LogP contribution in [0, 0.1) is 0 Å². The smallest absolute Gasteiger partial charge is 0.119 e. The zero-order valence-corrected chi connectivity index (χ0v) is 12.5. The summed E-state index contributed by atoms with van der Waals surface area (Å²) in [6, 6.07) is 9.87. The summed E-state index contributed by atoms with van der Waals surface area (Å²) in [5, 5.41) is 28.8. The average Bonchev–Trinajstić information content (AvgIpc) is 2.35. The summed E-state index contributed by atoms with van der Waals surface area (Å²) in [6.45, 7) is 6.13. The Labute approximate surface area is 124 Å². The van der Waals surface area contributed by atoms with Crippen LogP contribution < -0.4 is 0 Å². The van der Waals surface area contributed by atoms with Crippen LogP contribution in [-0.4, -0.2) is 15.3 Å². The fourth-order valence-corrected chi connectivity index (χ4v) is 2.16. The normalized spacial score (nSPS) is 12.0. The molecule has 0 heterocycles. The summed E-state index contributed by atoms with van der Waals surface area (Å²) in [7, 11) is 0. The van der Waals surface area contributed by atoms with E-state index in [1.807, 2.05) is 39.0 Å². The molecule has 0 aliphatic rings. The van der Waals surface area contributed by atoms with Crippen molar-refractivity contribution in [1.29, 1.82) is 0 Å². The molecule has 0 saturated heterocycles. The standard InChI is InChI=1S/C18H20O3/c1-18(2,3)16-10-12(6-7-17(16)21)4-5-13-8-14(19)11-15(20)9-13/h4-11,19-21H,1-3H3/b5-4+. The second-order valence-electron chi connectivity index (χ2n) is 6.14. The third-order valence-corrected chi connectivity index (χ3v) is 3.22. The first kappa shape index (κ1) is 15.0. The van der Waals surface area contributed by atoms with Crippen LogP contribution >= 0.6 is 0 Å². The van der Waals surface area contributed by atoms with Crippen LogP contribution in [0.2, 0.25) is 0 Å². The molecule has 0 atom stereocenters. The second-order valence-corrected chi connectivity index (χ2v) is 6.14. The van der Waals surface area contributed by atoms with Gasteiger partial charge in [0.2, 0.25) is 0 Å². The number of hydrogen-bond donors (Lipinski definition) is 3. The maximum atomic E-state index is 9.94. The molecule has 3 nitrogen and oxygen atoms in total. The molecule has 0 radical (unpaired) electrons. The average molecular weight is 284 g/mol. The van der Waals surface area contributed by atoms with Crippen molar-refractivity contribution in [2.45, 2.75) is 26.2 Å². The van der Waals surface area contributed by atoms with Crippen molar-refractivity contribution in [1.82, 2.24) is 0 Å². The van der Waals surface area contributed by atoms with Gasteiger partial charge < -0.3 is 15.3 Å². The maximum Gasteiger partial charge on any atom is 0.119 e. The molecule has 0 fully saturated rings. The van der Waals surface area contributed by atoms with Crippen molar-refractivity contribution in [3.8, 4) is 17.2 Å². The van der Waals surface area contributed by atoms with Crippen LogP contribution in [0.1, 0.15) is 37.5 Å². The topological polar surface area (TPSA) is 60.7 Å². The summed E-state index contributed by atoms with van der Waals surface area (Å²) in [6.07, 6.45) is 3.68. The molecule has 0 bridgehead atoms. The van der Waals surface area contributed by atoms with E-state index in [4.69, 9.17) is 0 Å². The highest BCUT2D eigenvalue weighted by Gasteiger charge is 2.17. The summed E-state index contributed by atoms with van der Waals surface area (Å²) < 4.78 is 0. The summed E-state index contributed by atoms with van der Waals surface area (Å²) in [4.78, 5) is 0. The molecule has 110 valence electrons. The minimum atomic E-state index is -0.142. The molecule has 0 unspecified atom stereocenters. The molecule has 0 aromatic heterocycles. The lowest BCUT2D eigenvalue weighted by Gasteiger charge is -2.20. The van der Waals surface area contributed by atoms with Crippen LogP contribution in [0.4, 0.5) is 0 Å². The Hall–Kier alpha value is -2.42. The highest BCUT2D eigenvalue weighted by atomic mass is 16.3. The molecule has 3 heteroatoms. The SMILES string of the molecule is CC(C)(C)c1cc(/C=C/c2cc(O)cc(O)c2)ccc1O. The van der Waals surface area contributed by atoms with Crippen molar-refractivity contribution < 1.29 is 15.3 Å². The van der Waals surface area contributed by atoms with E-state index in [1.165, 1.54) is 6.07 Å². The second kappa shape index (κ2) is 5.52. The summed E-state index contributed by atoms with van der Waals surface area (Å²) in [5.74, 6) is 0.334. The van der Waals surface area contributed by atoms with Crippen LogP contribution in [0.3, 0.4) is 0 Å². The van der Waals surface area contributed by atoms with Gasteiger partial charge in [0, 0.05) is 6.07 Å². The van der Waals surface area contributed by atoms with Crippen LogP contribution in [0.25, 0.3) is 12.2 Å². The van der Waals surface area contributed by atoms with E-state index < -0.39 is 0 Å². The van der Waals surface area contributed by atoms with Crippen molar-refractivity contribution in [3.63, 3.8) is 0 Å². The zero-order valence-electron chi connectivity index (χ0n) is 12.5. The van der Waals surface area contributed by atoms with E-state index in [2.05, 4.69) is 0 Å². The van der Waals surface area contributed by atoms with E-state index in [9.17, 15) is 15.3 Å². The molecule has 2 aromatic carbocycles. The van der Waals surface area contributed by atoms with Gasteiger partial charge in [-0.1, -0.05) is 39.0 Å². The lowest BCUT2D eigenvalue weighted by atomic mass is 9.85. The highest BCUT2D eigenvalue weighted by Crippen LogP contribution is 2.31. The number of benzene rings is 2. The Morgan fingerprint density at radius 3 is 1.90 bits per heavy atom. The Bertz CT molecular complexity index is 659. The molecule has 0 saturated carbocycles. The van der Waals surface area contributed by atoms with Gasteiger partial charge >= 0.3 is 0 Å². The first-order valence-corrected chi connectivity index (χ1v) is 6.80. The summed E-state index contributed by atoms with van der Waals surface area (Å²) in [5.41, 5.74) is 2.39. The van der Waals surface area contributed by atoms with Gasteiger partial charge in [0.25, 0.3) is 0 Å². The van der Waals surface area contributed by atoms with Crippen molar-refractivity contribution in [3.05, 3.63) is 53.1 Å². The fourth-order valence-electron chi connectivity index (χ4n) is 2.16. The zero-order chi connectivity index (χ0) is 15.6. The predicted octanol–water partition coefficient (Wildman–Crippen LogP) is 4.27. The third-order valence-electron chi connectivity index (χ3n) is 3.22. The highest BCUT2D eigenvalue weighted by molar-refractivity contribution is 5.71. The molecular weight excluding hydrogens is 264 g/mol. The van der Waals surface area contributed by atoms with E-state index in [-0.39, 0.29) is 22.7 Å². The van der Waals surface area contributed by atoms with E-state index in [0.29, 0.717) is 5.56 Å². The van der Waals surface area contributed by atoms with Gasteiger partial charge in [-0.05, 0) is 46.4 Å². The van der Waals surface area contributed by atoms with Gasteiger partial charge in [-0.3, -0.25) is 0 Å². The molecule has 2 aromatic rings. The van der Waals surface area contributed by atoms with Gasteiger partial charge in [-0.25, -0.2) is 0 Å². The lowest BCUT2D eigenvalue weighted by molar-refractivity contribution is 0.446. The lowest BCUT2D eigenvalue weighted by Crippen LogP contribution is -2.11. The molecule has 3 N–H and O–H groups in total. The minimum absolute atomic E-state index is 0.0238. The van der Waals surface area contributed by atoms with Crippen molar-refractivity contribution in [2.75, 3.05) is 0 Å². The molecule has 2 rings (SSSR count). The van der Waals surface area contributed by atoms with Crippen LogP contribution in [0.5, 0.6) is 17.2 Å². The minimum Gasteiger partial charge on any atom is -0.508 e. The van der Waals surface area contributed by atoms with Gasteiger partial charge in [-0.15, -0.1) is 0 Å². The Morgan fingerprint density at radius 1 is 0.762 bits per heavy atom. The summed E-state index contributed by atoms with van der Waals surface area (Å²) >= 11 is 0. The Kier molecular flexibility index (Phi) is 3.94. The van der Waals surface area contributed by atoms with Gasteiger partial charge in [0.05, 0.1) is 0 Å². The monoisotopic (exact) mass is 284 g/mol. The van der Waals surface area contributed by atoms with E-state index >= 15 is 0 Å². The first-order valence-electron chi connectivity index (χ1n) is 6.80. The number of phenols is 3. The molecule has 0 aliphatic carbocycles. The fraction of sp³-hybridized carbons (Fsp3) is 0.222. The van der Waals surface area contributed by atoms with Crippen molar-refractivity contribution >= 4 is 12.2 Å². The Morgan fingerprint density at radius 2 is 1.33 bits per heavy atom. The van der Waals surface area contributed by atoms with E-state index in [1.54, 1.807) is 24.3 Å². The maximum absolute atomic E-state index is 9.94. The molecule has 21 heavy (non-hydrogen) atoms.